The molecule has 4 nitrogen and oxygen atoms in total. The van der Waals surface area contributed by atoms with Gasteiger partial charge in [0.1, 0.15) is 17.1 Å². The first-order chi connectivity index (χ1) is 9.45. The minimum Gasteiger partial charge on any atom is -0.496 e. The van der Waals surface area contributed by atoms with Gasteiger partial charge in [-0.25, -0.2) is 0 Å². The smallest absolute Gasteiger partial charge is 0.258 e. The fourth-order valence-corrected chi connectivity index (χ4v) is 2.90. The van der Waals surface area contributed by atoms with E-state index >= 15 is 0 Å². The van der Waals surface area contributed by atoms with Crippen molar-refractivity contribution in [2.75, 3.05) is 26.1 Å². The molecule has 20 heavy (non-hydrogen) atoms. The number of methoxy groups -OCH3 is 2. The van der Waals surface area contributed by atoms with Crippen molar-refractivity contribution in [3.63, 3.8) is 0 Å². The van der Waals surface area contributed by atoms with Crippen LogP contribution in [0.3, 0.4) is 0 Å². The van der Waals surface area contributed by atoms with Crippen LogP contribution in [0.25, 0.3) is 0 Å². The minimum atomic E-state index is -0.179. The number of hydrogen-bond donors (Lipinski definition) is 1. The number of ether oxygens (including phenoxy) is 2. The maximum atomic E-state index is 12.4. The van der Waals surface area contributed by atoms with Crippen molar-refractivity contribution in [1.82, 2.24) is 5.32 Å². The zero-order valence-electron chi connectivity index (χ0n) is 12.5. The van der Waals surface area contributed by atoms with Crippen LogP contribution < -0.4 is 14.8 Å². The van der Waals surface area contributed by atoms with E-state index in [1.807, 2.05) is 0 Å². The normalized spacial score (nSPS) is 11.1. The van der Waals surface area contributed by atoms with Gasteiger partial charge in [-0.05, 0) is 24.0 Å². The highest BCUT2D eigenvalue weighted by Gasteiger charge is 2.22. The Kier molecular flexibility index (Phi) is 6.33. The standard InChI is InChI=1S/C15H22BrNO3/c1-15(2,8-9-16)10-17-14(18)13-11(19-3)6-5-7-12(13)20-4/h5-7H,8-10H2,1-4H3,(H,17,18). The lowest BCUT2D eigenvalue weighted by Gasteiger charge is -2.24. The zero-order valence-corrected chi connectivity index (χ0v) is 14.0. The van der Waals surface area contributed by atoms with Crippen LogP contribution in [0, 0.1) is 5.41 Å². The monoisotopic (exact) mass is 343 g/mol. The molecule has 0 aliphatic carbocycles. The van der Waals surface area contributed by atoms with Gasteiger partial charge < -0.3 is 14.8 Å². The Morgan fingerprint density at radius 1 is 1.25 bits per heavy atom. The van der Waals surface area contributed by atoms with E-state index in [4.69, 9.17) is 9.47 Å². The molecule has 0 aliphatic heterocycles. The highest BCUT2D eigenvalue weighted by molar-refractivity contribution is 9.09. The largest absolute Gasteiger partial charge is 0.496 e. The number of alkyl halides is 1. The molecule has 1 rings (SSSR count). The number of rotatable bonds is 7. The second-order valence-electron chi connectivity index (χ2n) is 5.32. The number of carbonyl (C=O) groups excluding carboxylic acids is 1. The van der Waals surface area contributed by atoms with Crippen molar-refractivity contribution in [3.8, 4) is 11.5 Å². The fraction of sp³-hybridized carbons (Fsp3) is 0.533. The molecule has 1 aromatic rings. The van der Waals surface area contributed by atoms with Gasteiger partial charge in [-0.2, -0.15) is 0 Å². The van der Waals surface area contributed by atoms with Gasteiger partial charge in [0.15, 0.2) is 0 Å². The highest BCUT2D eigenvalue weighted by Crippen LogP contribution is 2.28. The van der Waals surface area contributed by atoms with E-state index in [2.05, 4.69) is 35.1 Å². The predicted octanol–water partition coefficient (Wildman–Crippen LogP) is 3.24. The maximum Gasteiger partial charge on any atom is 0.258 e. The van der Waals surface area contributed by atoms with Crippen LogP contribution in [0.15, 0.2) is 18.2 Å². The van der Waals surface area contributed by atoms with E-state index in [1.165, 1.54) is 0 Å². The van der Waals surface area contributed by atoms with Crippen LogP contribution >= 0.6 is 15.9 Å². The van der Waals surface area contributed by atoms with Gasteiger partial charge >= 0.3 is 0 Å². The van der Waals surface area contributed by atoms with E-state index in [9.17, 15) is 4.79 Å². The summed E-state index contributed by atoms with van der Waals surface area (Å²) < 4.78 is 10.5. The number of nitrogens with one attached hydrogen (secondary N) is 1. The Hall–Kier alpha value is -1.23. The summed E-state index contributed by atoms with van der Waals surface area (Å²) in [5, 5.41) is 3.86. The Balaban J connectivity index is 2.87. The lowest BCUT2D eigenvalue weighted by atomic mass is 9.90. The molecule has 0 heterocycles. The number of halogens is 1. The molecular formula is C15H22BrNO3. The van der Waals surface area contributed by atoms with Crippen LogP contribution in [-0.4, -0.2) is 32.0 Å². The molecule has 0 unspecified atom stereocenters. The third-order valence-corrected chi connectivity index (χ3v) is 3.55. The second-order valence-corrected chi connectivity index (χ2v) is 6.12. The van der Waals surface area contributed by atoms with Crippen LogP contribution in [0.2, 0.25) is 0 Å². The molecule has 0 aromatic heterocycles. The fourth-order valence-electron chi connectivity index (χ4n) is 1.83. The van der Waals surface area contributed by atoms with E-state index < -0.39 is 0 Å². The summed E-state index contributed by atoms with van der Waals surface area (Å²) in [4.78, 5) is 12.4. The minimum absolute atomic E-state index is 0.0361. The third-order valence-electron chi connectivity index (χ3n) is 3.15. The topological polar surface area (TPSA) is 47.6 Å². The first kappa shape index (κ1) is 16.8. The number of amides is 1. The predicted molar refractivity (Wildman–Crippen MR) is 84.1 cm³/mol. The van der Waals surface area contributed by atoms with E-state index in [0.717, 1.165) is 11.8 Å². The lowest BCUT2D eigenvalue weighted by Crippen LogP contribution is -2.34. The zero-order chi connectivity index (χ0) is 15.2. The average molecular weight is 344 g/mol. The second kappa shape index (κ2) is 7.53. The molecule has 0 aliphatic rings. The van der Waals surface area contributed by atoms with Crippen molar-refractivity contribution in [1.29, 1.82) is 0 Å². The summed E-state index contributed by atoms with van der Waals surface area (Å²) in [5.41, 5.74) is 0.473. The van der Waals surface area contributed by atoms with E-state index in [0.29, 0.717) is 23.6 Å². The van der Waals surface area contributed by atoms with Gasteiger partial charge in [0.25, 0.3) is 5.91 Å². The van der Waals surface area contributed by atoms with E-state index in [-0.39, 0.29) is 11.3 Å². The quantitative estimate of drug-likeness (QED) is 0.773. The molecule has 0 radical (unpaired) electrons. The summed E-state index contributed by atoms with van der Waals surface area (Å²) in [6.07, 6.45) is 0.982. The van der Waals surface area contributed by atoms with Crippen molar-refractivity contribution in [2.45, 2.75) is 20.3 Å². The molecule has 112 valence electrons. The molecule has 0 fully saturated rings. The summed E-state index contributed by atoms with van der Waals surface area (Å²) in [5.74, 6) is 0.849. The summed E-state index contributed by atoms with van der Waals surface area (Å²) in [6.45, 7) is 4.83. The first-order valence-electron chi connectivity index (χ1n) is 6.50. The number of benzene rings is 1. The molecule has 0 spiro atoms. The van der Waals surface area contributed by atoms with Gasteiger partial charge in [0, 0.05) is 11.9 Å². The summed E-state index contributed by atoms with van der Waals surface area (Å²) in [6, 6.07) is 5.30. The number of hydrogen-bond acceptors (Lipinski definition) is 3. The van der Waals surface area contributed by atoms with Crippen molar-refractivity contribution >= 4 is 21.8 Å². The van der Waals surface area contributed by atoms with Gasteiger partial charge in [-0.15, -0.1) is 0 Å². The van der Waals surface area contributed by atoms with Crippen LogP contribution in [-0.2, 0) is 0 Å². The Morgan fingerprint density at radius 3 is 2.25 bits per heavy atom. The Bertz CT molecular complexity index is 438. The lowest BCUT2D eigenvalue weighted by molar-refractivity contribution is 0.0929. The molecular weight excluding hydrogens is 322 g/mol. The van der Waals surface area contributed by atoms with Crippen LogP contribution in [0.4, 0.5) is 0 Å². The molecule has 0 saturated carbocycles. The highest BCUT2D eigenvalue weighted by atomic mass is 79.9. The van der Waals surface area contributed by atoms with Gasteiger partial charge in [0.2, 0.25) is 0 Å². The van der Waals surface area contributed by atoms with Crippen LogP contribution in [0.5, 0.6) is 11.5 Å². The average Bonchev–Trinajstić information content (AvgIpc) is 2.43. The summed E-state index contributed by atoms with van der Waals surface area (Å²) >= 11 is 3.43. The third kappa shape index (κ3) is 4.40. The molecule has 0 atom stereocenters. The molecule has 5 heteroatoms. The summed E-state index contributed by atoms with van der Waals surface area (Å²) in [7, 11) is 3.08. The van der Waals surface area contributed by atoms with Gasteiger partial charge in [-0.3, -0.25) is 4.79 Å². The van der Waals surface area contributed by atoms with E-state index in [1.54, 1.807) is 32.4 Å². The molecule has 1 N–H and O–H groups in total. The first-order valence-corrected chi connectivity index (χ1v) is 7.62. The van der Waals surface area contributed by atoms with Crippen molar-refractivity contribution < 1.29 is 14.3 Å². The molecule has 0 bridgehead atoms. The van der Waals surface area contributed by atoms with Gasteiger partial charge in [0.05, 0.1) is 14.2 Å². The van der Waals surface area contributed by atoms with Crippen LogP contribution in [0.1, 0.15) is 30.6 Å². The molecule has 1 amide bonds. The molecule has 1 aromatic carbocycles. The van der Waals surface area contributed by atoms with Crippen molar-refractivity contribution in [3.05, 3.63) is 23.8 Å². The van der Waals surface area contributed by atoms with Crippen molar-refractivity contribution in [2.24, 2.45) is 5.41 Å². The number of carbonyl (C=O) groups is 1. The molecule has 0 saturated heterocycles. The SMILES string of the molecule is COc1cccc(OC)c1C(=O)NCC(C)(C)CCBr. The van der Waals surface area contributed by atoms with Gasteiger partial charge in [-0.1, -0.05) is 35.8 Å². The Labute approximate surface area is 129 Å². The Morgan fingerprint density at radius 2 is 1.80 bits per heavy atom. The maximum absolute atomic E-state index is 12.4.